The molecule has 1 unspecified atom stereocenters. The molecule has 5 N–H and O–H groups in total. The molecule has 1 aromatic carbocycles. The molecule has 0 aliphatic carbocycles. The quantitative estimate of drug-likeness (QED) is 0.276. The number of piperidine rings is 1. The Labute approximate surface area is 226 Å². The second-order valence-corrected chi connectivity index (χ2v) is 10.1. The molecule has 40 heavy (non-hydrogen) atoms. The third-order valence-corrected chi connectivity index (χ3v) is 7.62. The first-order chi connectivity index (χ1) is 19.1. The highest BCUT2D eigenvalue weighted by Gasteiger charge is 2.43. The first kappa shape index (κ1) is 26.0. The zero-order chi connectivity index (χ0) is 28.2. The average Bonchev–Trinajstić information content (AvgIpc) is 3.46. The third-order valence-electron chi connectivity index (χ3n) is 7.62. The number of hydrogen-bond acceptors (Lipinski definition) is 8. The van der Waals surface area contributed by atoms with E-state index in [4.69, 9.17) is 10.7 Å². The van der Waals surface area contributed by atoms with Crippen molar-refractivity contribution in [3.63, 3.8) is 0 Å². The van der Waals surface area contributed by atoms with E-state index in [0.29, 0.717) is 35.3 Å². The summed E-state index contributed by atoms with van der Waals surface area (Å²) in [6.45, 7) is 0.446. The summed E-state index contributed by atoms with van der Waals surface area (Å²) in [4.78, 5) is 27.2. The van der Waals surface area contributed by atoms with Crippen molar-refractivity contribution in [2.45, 2.75) is 49.7 Å². The van der Waals surface area contributed by atoms with Gasteiger partial charge in [-0.05, 0) is 25.0 Å². The number of nitrogens with two attached hydrogens (primary N) is 1. The fourth-order valence-electron chi connectivity index (χ4n) is 5.61. The molecule has 6 rings (SSSR count). The number of carbonyl (C=O) groups excluding carboxylic acids is 1. The number of nitrogens with zero attached hydrogens (tertiary/aromatic N) is 5. The van der Waals surface area contributed by atoms with Crippen LogP contribution < -0.4 is 11.1 Å². The van der Waals surface area contributed by atoms with Gasteiger partial charge in [0.1, 0.15) is 34.8 Å². The summed E-state index contributed by atoms with van der Waals surface area (Å²) < 4.78 is 40.9. The predicted molar refractivity (Wildman–Crippen MR) is 139 cm³/mol. The van der Waals surface area contributed by atoms with Crippen molar-refractivity contribution in [1.82, 2.24) is 24.3 Å². The van der Waals surface area contributed by atoms with Crippen molar-refractivity contribution in [2.75, 3.05) is 17.6 Å². The van der Waals surface area contributed by atoms with Gasteiger partial charge in [0.15, 0.2) is 6.23 Å². The zero-order valence-electron chi connectivity index (χ0n) is 21.1. The minimum Gasteiger partial charge on any atom is -0.383 e. The SMILES string of the molecule is Nc1nccn2c([C@H]3CC[C@H]4C[C@@H](O)C(=O)N4C3)nc(-c3ccc(C(O)Nc4cc(C(F)(F)F)ccn4)cc3)c12. The van der Waals surface area contributed by atoms with Crippen molar-refractivity contribution in [2.24, 2.45) is 0 Å². The highest BCUT2D eigenvalue weighted by Crippen LogP contribution is 2.38. The number of nitrogen functional groups attached to an aromatic ring is 1. The van der Waals surface area contributed by atoms with E-state index in [-0.39, 0.29) is 29.5 Å². The molecular weight excluding hydrogens is 527 g/mol. The topological polar surface area (TPSA) is 142 Å². The van der Waals surface area contributed by atoms with Crippen molar-refractivity contribution in [3.8, 4) is 11.3 Å². The molecule has 2 fully saturated rings. The Balaban J connectivity index is 1.27. The summed E-state index contributed by atoms with van der Waals surface area (Å²) in [7, 11) is 0. The smallest absolute Gasteiger partial charge is 0.383 e. The number of fused-ring (bicyclic) bond motifs is 2. The molecule has 1 amide bonds. The highest BCUT2D eigenvalue weighted by atomic mass is 19.4. The molecule has 0 saturated carbocycles. The third kappa shape index (κ3) is 4.60. The molecule has 3 aromatic heterocycles. The van der Waals surface area contributed by atoms with E-state index in [9.17, 15) is 28.2 Å². The molecule has 0 spiro atoms. The number of hydrogen-bond donors (Lipinski definition) is 4. The minimum absolute atomic E-state index is 0.0369. The second kappa shape index (κ2) is 9.75. The first-order valence-corrected chi connectivity index (χ1v) is 12.8. The number of aromatic nitrogens is 4. The lowest BCUT2D eigenvalue weighted by Crippen LogP contribution is -2.42. The lowest BCUT2D eigenvalue weighted by molar-refractivity contribution is -0.137. The number of aliphatic hydroxyl groups excluding tert-OH is 2. The molecule has 4 aromatic rings. The lowest BCUT2D eigenvalue weighted by atomic mass is 9.92. The highest BCUT2D eigenvalue weighted by molar-refractivity contribution is 5.86. The molecule has 0 bridgehead atoms. The van der Waals surface area contributed by atoms with Gasteiger partial charge in [0.2, 0.25) is 0 Å². The number of benzene rings is 1. The molecule has 208 valence electrons. The number of halogens is 3. The number of aliphatic hydroxyl groups is 2. The van der Waals surface area contributed by atoms with Crippen LogP contribution in [0, 0.1) is 0 Å². The van der Waals surface area contributed by atoms with E-state index >= 15 is 0 Å². The van der Waals surface area contributed by atoms with E-state index in [1.807, 2.05) is 4.40 Å². The van der Waals surface area contributed by atoms with Gasteiger partial charge < -0.3 is 26.2 Å². The number of alkyl halides is 3. The molecule has 2 saturated heterocycles. The van der Waals surface area contributed by atoms with Gasteiger partial charge in [-0.25, -0.2) is 15.0 Å². The normalized spacial score (nSPS) is 22.0. The molecule has 13 heteroatoms. The Morgan fingerprint density at radius 3 is 2.62 bits per heavy atom. The fraction of sp³-hybridized carbons (Fsp3) is 0.333. The van der Waals surface area contributed by atoms with Gasteiger partial charge in [-0.2, -0.15) is 13.2 Å². The van der Waals surface area contributed by atoms with E-state index in [2.05, 4.69) is 15.3 Å². The fourth-order valence-corrected chi connectivity index (χ4v) is 5.61. The number of rotatable bonds is 5. The maximum Gasteiger partial charge on any atom is 0.416 e. The van der Waals surface area contributed by atoms with Gasteiger partial charge in [0.05, 0.1) is 5.56 Å². The second-order valence-electron chi connectivity index (χ2n) is 10.1. The molecule has 10 nitrogen and oxygen atoms in total. The van der Waals surface area contributed by atoms with Crippen molar-refractivity contribution in [1.29, 1.82) is 0 Å². The van der Waals surface area contributed by atoms with Crippen molar-refractivity contribution < 1.29 is 28.2 Å². The minimum atomic E-state index is -4.53. The number of nitrogens with one attached hydrogen (secondary N) is 1. The van der Waals surface area contributed by atoms with Crippen LogP contribution in [-0.4, -0.2) is 59.1 Å². The van der Waals surface area contributed by atoms with E-state index in [1.165, 1.54) is 0 Å². The van der Waals surface area contributed by atoms with Crippen LogP contribution in [0.25, 0.3) is 16.8 Å². The number of anilines is 2. The predicted octanol–water partition coefficient (Wildman–Crippen LogP) is 3.33. The van der Waals surface area contributed by atoms with Gasteiger partial charge >= 0.3 is 6.18 Å². The Hall–Kier alpha value is -4.23. The molecular formula is C27H26F3N7O3. The number of amides is 1. The van der Waals surface area contributed by atoms with E-state index in [0.717, 1.165) is 37.0 Å². The van der Waals surface area contributed by atoms with Gasteiger partial charge in [-0.15, -0.1) is 0 Å². The summed E-state index contributed by atoms with van der Waals surface area (Å²) >= 11 is 0. The Bertz CT molecular complexity index is 1570. The largest absolute Gasteiger partial charge is 0.416 e. The standard InChI is InChI=1S/C27H26F3N7O3/c28-27(29,30)17-7-8-32-20(11-17)34-25(39)15-3-1-14(2-4-15)21-22-23(31)33-9-10-36(22)24(35-21)16-5-6-18-12-19(38)26(40)37(18)13-16/h1-4,7-11,16,18-19,25,38-39H,5-6,12-13H2,(H2,31,33)(H,32,34)/t16-,18-,19+,25?/m0/s1. The monoisotopic (exact) mass is 553 g/mol. The van der Waals surface area contributed by atoms with Gasteiger partial charge in [-0.3, -0.25) is 9.20 Å². The summed E-state index contributed by atoms with van der Waals surface area (Å²) in [5.41, 5.74) is 7.66. The van der Waals surface area contributed by atoms with Gasteiger partial charge in [0, 0.05) is 54.6 Å². The molecule has 2 aliphatic heterocycles. The van der Waals surface area contributed by atoms with Crippen LogP contribution in [0.3, 0.4) is 0 Å². The number of carbonyl (C=O) groups is 1. The van der Waals surface area contributed by atoms with Crippen LogP contribution in [0.5, 0.6) is 0 Å². The molecule has 5 heterocycles. The average molecular weight is 554 g/mol. The maximum atomic E-state index is 13.0. The summed E-state index contributed by atoms with van der Waals surface area (Å²) in [5, 5.41) is 23.2. The van der Waals surface area contributed by atoms with Crippen LogP contribution in [0.2, 0.25) is 0 Å². The Morgan fingerprint density at radius 1 is 1.10 bits per heavy atom. The molecule has 0 radical (unpaired) electrons. The zero-order valence-corrected chi connectivity index (χ0v) is 21.1. The lowest BCUT2D eigenvalue weighted by Gasteiger charge is -2.34. The van der Waals surface area contributed by atoms with Crippen molar-refractivity contribution in [3.05, 3.63) is 71.9 Å². The summed E-state index contributed by atoms with van der Waals surface area (Å²) in [5.74, 6) is 0.569. The Morgan fingerprint density at radius 2 is 1.88 bits per heavy atom. The van der Waals surface area contributed by atoms with Crippen molar-refractivity contribution >= 4 is 23.1 Å². The summed E-state index contributed by atoms with van der Waals surface area (Å²) in [6.07, 6.45) is -0.407. The van der Waals surface area contributed by atoms with Crippen LogP contribution in [0.15, 0.2) is 55.0 Å². The first-order valence-electron chi connectivity index (χ1n) is 12.8. The maximum absolute atomic E-state index is 13.0. The van der Waals surface area contributed by atoms with E-state index in [1.54, 1.807) is 41.6 Å². The van der Waals surface area contributed by atoms with Crippen LogP contribution in [-0.2, 0) is 11.0 Å². The van der Waals surface area contributed by atoms with E-state index < -0.39 is 24.1 Å². The van der Waals surface area contributed by atoms with Crippen LogP contribution in [0.1, 0.15) is 48.4 Å². The van der Waals surface area contributed by atoms with Gasteiger partial charge in [0.25, 0.3) is 5.91 Å². The number of pyridine rings is 1. The molecule has 2 aliphatic rings. The van der Waals surface area contributed by atoms with Crippen LogP contribution >= 0.6 is 0 Å². The van der Waals surface area contributed by atoms with Gasteiger partial charge in [-0.1, -0.05) is 24.3 Å². The molecule has 4 atom stereocenters. The Kier molecular flexibility index (Phi) is 6.34. The van der Waals surface area contributed by atoms with Crippen LogP contribution in [0.4, 0.5) is 24.8 Å². The summed E-state index contributed by atoms with van der Waals surface area (Å²) in [6, 6.07) is 8.45. The number of imidazole rings is 1.